The Labute approximate surface area is 135 Å². The van der Waals surface area contributed by atoms with Crippen LogP contribution < -0.4 is 5.32 Å². The zero-order chi connectivity index (χ0) is 16.4. The molecule has 116 valence electrons. The highest BCUT2D eigenvalue weighted by molar-refractivity contribution is 9.10. The standard InChI is InChI=1S/C14H15BrN4O3/c1-8-6-11(15)4-5-12(8)16-13(20)7-18-10(3)14(19(21)22)9(2)17-18/h4-6H,7H2,1-3H3,(H,16,20). The lowest BCUT2D eigenvalue weighted by molar-refractivity contribution is -0.386. The summed E-state index contributed by atoms with van der Waals surface area (Å²) in [6.07, 6.45) is 0. The first-order valence-corrected chi connectivity index (χ1v) is 7.33. The molecule has 0 saturated carbocycles. The second kappa shape index (κ2) is 6.27. The summed E-state index contributed by atoms with van der Waals surface area (Å²) in [6, 6.07) is 5.52. The molecule has 1 heterocycles. The molecule has 0 atom stereocenters. The second-order valence-electron chi connectivity index (χ2n) is 4.94. The summed E-state index contributed by atoms with van der Waals surface area (Å²) in [5.41, 5.74) is 2.24. The molecule has 0 bridgehead atoms. The molecule has 1 N–H and O–H groups in total. The summed E-state index contributed by atoms with van der Waals surface area (Å²) in [5.74, 6) is -0.286. The van der Waals surface area contributed by atoms with Gasteiger partial charge in [-0.05, 0) is 44.5 Å². The van der Waals surface area contributed by atoms with Crippen LogP contribution in [0.2, 0.25) is 0 Å². The number of halogens is 1. The van der Waals surface area contributed by atoms with Gasteiger partial charge in [0, 0.05) is 10.2 Å². The van der Waals surface area contributed by atoms with Gasteiger partial charge in [0.25, 0.3) is 0 Å². The van der Waals surface area contributed by atoms with E-state index >= 15 is 0 Å². The first kappa shape index (κ1) is 16.2. The van der Waals surface area contributed by atoms with E-state index in [1.54, 1.807) is 19.9 Å². The van der Waals surface area contributed by atoms with Crippen LogP contribution in [0.1, 0.15) is 17.0 Å². The summed E-state index contributed by atoms with van der Waals surface area (Å²) in [6.45, 7) is 4.94. The number of aromatic nitrogens is 2. The number of carbonyl (C=O) groups excluding carboxylic acids is 1. The van der Waals surface area contributed by atoms with Crippen LogP contribution in [0.5, 0.6) is 0 Å². The lowest BCUT2D eigenvalue weighted by Gasteiger charge is -2.09. The van der Waals surface area contributed by atoms with Gasteiger partial charge in [0.2, 0.25) is 5.91 Å². The molecule has 2 aromatic rings. The van der Waals surface area contributed by atoms with Crippen LogP contribution in [0.4, 0.5) is 11.4 Å². The number of rotatable bonds is 4. The van der Waals surface area contributed by atoms with Crippen LogP contribution in [0.3, 0.4) is 0 Å². The van der Waals surface area contributed by atoms with Crippen molar-refractivity contribution < 1.29 is 9.72 Å². The molecule has 0 aliphatic rings. The van der Waals surface area contributed by atoms with Crippen LogP contribution in [0.15, 0.2) is 22.7 Å². The summed E-state index contributed by atoms with van der Waals surface area (Å²) >= 11 is 3.36. The molecule has 0 spiro atoms. The first-order valence-electron chi connectivity index (χ1n) is 6.54. The Hall–Kier alpha value is -2.22. The molecule has 0 saturated heterocycles. The third-order valence-electron chi connectivity index (χ3n) is 3.28. The molecule has 1 amide bonds. The van der Waals surface area contributed by atoms with E-state index in [0.717, 1.165) is 10.0 Å². The number of nitro groups is 1. The van der Waals surface area contributed by atoms with Crippen molar-refractivity contribution in [3.05, 3.63) is 49.7 Å². The van der Waals surface area contributed by atoms with Crippen molar-refractivity contribution in [2.45, 2.75) is 27.3 Å². The van der Waals surface area contributed by atoms with Gasteiger partial charge in [-0.2, -0.15) is 5.10 Å². The lowest BCUT2D eigenvalue weighted by atomic mass is 10.2. The van der Waals surface area contributed by atoms with E-state index in [2.05, 4.69) is 26.3 Å². The Balaban J connectivity index is 2.16. The molecular formula is C14H15BrN4O3. The second-order valence-corrected chi connectivity index (χ2v) is 5.86. The average molecular weight is 367 g/mol. The minimum Gasteiger partial charge on any atom is -0.324 e. The van der Waals surface area contributed by atoms with Crippen LogP contribution in [0.25, 0.3) is 0 Å². The predicted octanol–water partition coefficient (Wildman–Crippen LogP) is 3.12. The lowest BCUT2D eigenvalue weighted by Crippen LogP contribution is -2.20. The molecule has 0 aliphatic carbocycles. The summed E-state index contributed by atoms with van der Waals surface area (Å²) in [5, 5.41) is 17.8. The maximum absolute atomic E-state index is 12.1. The van der Waals surface area contributed by atoms with E-state index in [1.165, 1.54) is 4.68 Å². The highest BCUT2D eigenvalue weighted by Gasteiger charge is 2.22. The molecule has 0 unspecified atom stereocenters. The monoisotopic (exact) mass is 366 g/mol. The van der Waals surface area contributed by atoms with Crippen molar-refractivity contribution in [3.63, 3.8) is 0 Å². The molecule has 8 heteroatoms. The van der Waals surface area contributed by atoms with Gasteiger partial charge in [-0.1, -0.05) is 15.9 Å². The minimum atomic E-state index is -0.481. The average Bonchev–Trinajstić information content (AvgIpc) is 2.67. The van der Waals surface area contributed by atoms with Gasteiger partial charge in [0.1, 0.15) is 17.9 Å². The van der Waals surface area contributed by atoms with Crippen molar-refractivity contribution in [1.82, 2.24) is 9.78 Å². The smallest absolute Gasteiger partial charge is 0.312 e. The van der Waals surface area contributed by atoms with Gasteiger partial charge >= 0.3 is 5.69 Å². The maximum Gasteiger partial charge on any atom is 0.312 e. The zero-order valence-corrected chi connectivity index (χ0v) is 14.0. The number of benzene rings is 1. The predicted molar refractivity (Wildman–Crippen MR) is 85.9 cm³/mol. The Morgan fingerprint density at radius 3 is 2.64 bits per heavy atom. The largest absolute Gasteiger partial charge is 0.324 e. The zero-order valence-electron chi connectivity index (χ0n) is 12.4. The Morgan fingerprint density at radius 1 is 1.41 bits per heavy atom. The third-order valence-corrected chi connectivity index (χ3v) is 3.78. The van der Waals surface area contributed by atoms with Gasteiger partial charge in [0.05, 0.1) is 4.92 Å². The fourth-order valence-corrected chi connectivity index (χ4v) is 2.67. The summed E-state index contributed by atoms with van der Waals surface area (Å²) in [7, 11) is 0. The normalized spacial score (nSPS) is 10.5. The van der Waals surface area contributed by atoms with Crippen molar-refractivity contribution in [2.24, 2.45) is 0 Å². The van der Waals surface area contributed by atoms with E-state index in [-0.39, 0.29) is 18.1 Å². The molecule has 1 aromatic carbocycles. The SMILES string of the molecule is Cc1cc(Br)ccc1NC(=O)Cn1nc(C)c([N+](=O)[O-])c1C. The van der Waals surface area contributed by atoms with Crippen LogP contribution in [0, 0.1) is 30.9 Å². The Bertz CT molecular complexity index is 755. The number of hydrogen-bond donors (Lipinski definition) is 1. The van der Waals surface area contributed by atoms with E-state index in [4.69, 9.17) is 0 Å². The molecule has 0 aliphatic heterocycles. The molecule has 22 heavy (non-hydrogen) atoms. The fraction of sp³-hybridized carbons (Fsp3) is 0.286. The number of nitrogens with zero attached hydrogens (tertiary/aromatic N) is 3. The number of hydrogen-bond acceptors (Lipinski definition) is 4. The molecule has 0 radical (unpaired) electrons. The third kappa shape index (κ3) is 3.33. The van der Waals surface area contributed by atoms with E-state index in [0.29, 0.717) is 17.1 Å². The fourth-order valence-electron chi connectivity index (χ4n) is 2.20. The van der Waals surface area contributed by atoms with E-state index < -0.39 is 4.92 Å². The highest BCUT2D eigenvalue weighted by atomic mass is 79.9. The van der Waals surface area contributed by atoms with Crippen molar-refractivity contribution >= 4 is 33.2 Å². The molecule has 1 aromatic heterocycles. The van der Waals surface area contributed by atoms with Crippen molar-refractivity contribution in [2.75, 3.05) is 5.32 Å². The minimum absolute atomic E-state index is 0.0485. The number of amides is 1. The van der Waals surface area contributed by atoms with Crippen LogP contribution in [-0.2, 0) is 11.3 Å². The van der Waals surface area contributed by atoms with Crippen LogP contribution >= 0.6 is 15.9 Å². The van der Waals surface area contributed by atoms with E-state index in [9.17, 15) is 14.9 Å². The van der Waals surface area contributed by atoms with Gasteiger partial charge in [-0.3, -0.25) is 19.6 Å². The Kier molecular flexibility index (Phi) is 4.60. The molecule has 7 nitrogen and oxygen atoms in total. The number of anilines is 1. The van der Waals surface area contributed by atoms with Gasteiger partial charge in [-0.25, -0.2) is 0 Å². The van der Waals surface area contributed by atoms with Gasteiger partial charge in [0.15, 0.2) is 0 Å². The summed E-state index contributed by atoms with van der Waals surface area (Å²) < 4.78 is 2.27. The van der Waals surface area contributed by atoms with Gasteiger partial charge in [-0.15, -0.1) is 0 Å². The van der Waals surface area contributed by atoms with Crippen molar-refractivity contribution in [3.8, 4) is 0 Å². The summed E-state index contributed by atoms with van der Waals surface area (Å²) in [4.78, 5) is 22.6. The molecule has 2 rings (SSSR count). The van der Waals surface area contributed by atoms with Crippen LogP contribution in [-0.4, -0.2) is 20.6 Å². The number of aryl methyl sites for hydroxylation is 2. The number of carbonyl (C=O) groups is 1. The van der Waals surface area contributed by atoms with Crippen molar-refractivity contribution in [1.29, 1.82) is 0 Å². The quantitative estimate of drug-likeness (QED) is 0.664. The molecule has 0 fully saturated rings. The van der Waals surface area contributed by atoms with Gasteiger partial charge < -0.3 is 5.32 Å². The number of nitrogens with one attached hydrogen (secondary N) is 1. The topological polar surface area (TPSA) is 90.1 Å². The Morgan fingerprint density at radius 2 is 2.09 bits per heavy atom. The van der Waals surface area contributed by atoms with E-state index in [1.807, 2.05) is 19.1 Å². The molecular weight excluding hydrogens is 352 g/mol. The maximum atomic E-state index is 12.1. The highest BCUT2D eigenvalue weighted by Crippen LogP contribution is 2.22. The first-order chi connectivity index (χ1) is 10.3.